The highest BCUT2D eigenvalue weighted by Crippen LogP contribution is 2.24. The number of carbonyl (C=O) groups is 1. The first-order valence-electron chi connectivity index (χ1n) is 9.61. The van der Waals surface area contributed by atoms with Gasteiger partial charge in [-0.15, -0.1) is 0 Å². The Morgan fingerprint density at radius 1 is 0.966 bits per heavy atom. The summed E-state index contributed by atoms with van der Waals surface area (Å²) in [5.74, 6) is -0.353. The molecule has 0 aliphatic carbocycles. The van der Waals surface area contributed by atoms with Crippen molar-refractivity contribution < 1.29 is 4.79 Å². The summed E-state index contributed by atoms with van der Waals surface area (Å²) in [7, 11) is 0. The lowest BCUT2D eigenvalue weighted by molar-refractivity contribution is 0.102. The topological polar surface area (TPSA) is 81.0 Å². The second-order valence-electron chi connectivity index (χ2n) is 6.91. The number of carbonyl (C=O) groups excluding carboxylic acids is 1. The third-order valence-electron chi connectivity index (χ3n) is 4.92. The highest BCUT2D eigenvalue weighted by molar-refractivity contribution is 6.03. The molecule has 1 fully saturated rings. The van der Waals surface area contributed by atoms with Gasteiger partial charge in [0.2, 0.25) is 0 Å². The monoisotopic (exact) mass is 383 g/mol. The lowest BCUT2D eigenvalue weighted by atomic mass is 10.2. The highest BCUT2D eigenvalue weighted by Gasteiger charge is 2.12. The van der Waals surface area contributed by atoms with E-state index in [1.807, 2.05) is 18.2 Å². The van der Waals surface area contributed by atoms with Gasteiger partial charge in [-0.25, -0.2) is 4.98 Å². The third-order valence-corrected chi connectivity index (χ3v) is 4.92. The summed E-state index contributed by atoms with van der Waals surface area (Å²) in [5.41, 5.74) is 4.19. The number of rotatable bonds is 5. The average molecular weight is 383 g/mol. The van der Waals surface area contributed by atoms with Gasteiger partial charge in [0, 0.05) is 24.5 Å². The molecule has 1 aliphatic heterocycles. The number of pyridine rings is 1. The first kappa shape index (κ1) is 18.5. The molecule has 1 saturated heterocycles. The minimum absolute atomic E-state index is 0.285. The maximum Gasteiger partial charge on any atom is 0.274 e. The lowest BCUT2D eigenvalue weighted by Crippen LogP contribution is -2.17. The van der Waals surface area contributed by atoms with Gasteiger partial charge in [-0.3, -0.25) is 4.79 Å². The van der Waals surface area contributed by atoms with Crippen molar-refractivity contribution in [1.29, 1.82) is 5.26 Å². The van der Waals surface area contributed by atoms with Crippen molar-refractivity contribution in [2.24, 2.45) is 0 Å². The van der Waals surface area contributed by atoms with Crippen LogP contribution < -0.4 is 15.5 Å². The number of nitrogens with one attached hydrogen (secondary N) is 2. The predicted molar refractivity (Wildman–Crippen MR) is 115 cm³/mol. The van der Waals surface area contributed by atoms with E-state index in [-0.39, 0.29) is 11.6 Å². The zero-order valence-corrected chi connectivity index (χ0v) is 15.9. The van der Waals surface area contributed by atoms with E-state index in [4.69, 9.17) is 5.26 Å². The van der Waals surface area contributed by atoms with E-state index >= 15 is 0 Å². The number of nitrogens with zero attached hydrogens (tertiary/aromatic N) is 3. The molecule has 0 saturated carbocycles. The normalized spacial score (nSPS) is 13.0. The number of para-hydroxylation sites is 1. The Balaban J connectivity index is 1.40. The first-order chi connectivity index (χ1) is 14.2. The van der Waals surface area contributed by atoms with Gasteiger partial charge in [0.15, 0.2) is 0 Å². The van der Waals surface area contributed by atoms with Gasteiger partial charge in [0.1, 0.15) is 11.8 Å². The van der Waals surface area contributed by atoms with Crippen molar-refractivity contribution in [3.63, 3.8) is 0 Å². The molecule has 2 heterocycles. The maximum absolute atomic E-state index is 12.4. The Hall–Kier alpha value is -3.85. The van der Waals surface area contributed by atoms with Crippen LogP contribution in [0, 0.1) is 11.3 Å². The van der Waals surface area contributed by atoms with Crippen LogP contribution in [-0.4, -0.2) is 24.0 Å². The highest BCUT2D eigenvalue weighted by atomic mass is 16.1. The Bertz CT molecular complexity index is 1030. The standard InChI is InChI=1S/C23H21N5O/c24-15-17-5-1-2-6-21(17)27-23(29)22-12-9-19(16-25-22)26-18-7-10-20(11-8-18)28-13-3-4-14-28/h1-2,5-12,16,26H,3-4,13-14H2,(H,27,29). The minimum Gasteiger partial charge on any atom is -0.372 e. The molecule has 0 unspecified atom stereocenters. The number of aromatic nitrogens is 1. The summed E-state index contributed by atoms with van der Waals surface area (Å²) in [6.45, 7) is 2.25. The second-order valence-corrected chi connectivity index (χ2v) is 6.91. The summed E-state index contributed by atoms with van der Waals surface area (Å²) in [6, 6.07) is 20.7. The number of anilines is 4. The van der Waals surface area contributed by atoms with Crippen molar-refractivity contribution in [1.82, 2.24) is 4.98 Å². The van der Waals surface area contributed by atoms with Gasteiger partial charge in [-0.2, -0.15) is 5.26 Å². The fourth-order valence-electron chi connectivity index (χ4n) is 3.38. The first-order valence-corrected chi connectivity index (χ1v) is 9.61. The average Bonchev–Trinajstić information content (AvgIpc) is 3.30. The van der Waals surface area contributed by atoms with E-state index < -0.39 is 0 Å². The van der Waals surface area contributed by atoms with Gasteiger partial charge in [0.05, 0.1) is 23.1 Å². The molecule has 1 amide bonds. The fourth-order valence-corrected chi connectivity index (χ4v) is 3.38. The third kappa shape index (κ3) is 4.36. The Morgan fingerprint density at radius 3 is 2.38 bits per heavy atom. The molecule has 0 radical (unpaired) electrons. The van der Waals surface area contributed by atoms with Crippen molar-refractivity contribution in [2.75, 3.05) is 28.6 Å². The molecule has 0 spiro atoms. The van der Waals surface area contributed by atoms with Crippen molar-refractivity contribution >= 4 is 28.7 Å². The Morgan fingerprint density at radius 2 is 1.69 bits per heavy atom. The van der Waals surface area contributed by atoms with Gasteiger partial charge in [-0.05, 0) is 61.4 Å². The molecule has 6 heteroatoms. The van der Waals surface area contributed by atoms with Crippen LogP contribution in [0.15, 0.2) is 66.9 Å². The SMILES string of the molecule is N#Cc1ccccc1NC(=O)c1ccc(Nc2ccc(N3CCCC3)cc2)cn1. The number of amides is 1. The zero-order chi connectivity index (χ0) is 20.1. The van der Waals surface area contributed by atoms with Gasteiger partial charge < -0.3 is 15.5 Å². The molecule has 1 aromatic heterocycles. The van der Waals surface area contributed by atoms with E-state index in [9.17, 15) is 4.79 Å². The van der Waals surface area contributed by atoms with Crippen LogP contribution in [0.1, 0.15) is 28.9 Å². The number of benzene rings is 2. The zero-order valence-electron chi connectivity index (χ0n) is 15.9. The Kier molecular flexibility index (Phi) is 5.39. The number of hydrogen-bond acceptors (Lipinski definition) is 5. The number of nitriles is 1. The summed E-state index contributed by atoms with van der Waals surface area (Å²) in [6.07, 6.45) is 4.14. The van der Waals surface area contributed by atoms with Crippen LogP contribution in [0.25, 0.3) is 0 Å². The van der Waals surface area contributed by atoms with Gasteiger partial charge >= 0.3 is 0 Å². The van der Waals surface area contributed by atoms with E-state index in [1.165, 1.54) is 18.5 Å². The molecule has 0 atom stereocenters. The second kappa shape index (κ2) is 8.44. The largest absolute Gasteiger partial charge is 0.372 e. The summed E-state index contributed by atoms with van der Waals surface area (Å²) in [4.78, 5) is 19.0. The van der Waals surface area contributed by atoms with Crippen LogP contribution in [0.4, 0.5) is 22.7 Å². The van der Waals surface area contributed by atoms with Gasteiger partial charge in [0.25, 0.3) is 5.91 Å². The molecule has 144 valence electrons. The lowest BCUT2D eigenvalue weighted by Gasteiger charge is -2.18. The molecule has 29 heavy (non-hydrogen) atoms. The molecule has 3 aromatic rings. The van der Waals surface area contributed by atoms with Crippen LogP contribution in [-0.2, 0) is 0 Å². The molecule has 0 bridgehead atoms. The summed E-state index contributed by atoms with van der Waals surface area (Å²) >= 11 is 0. The van der Waals surface area contributed by atoms with Crippen molar-refractivity contribution in [3.8, 4) is 6.07 Å². The predicted octanol–water partition coefficient (Wildman–Crippen LogP) is 4.55. The molecule has 6 nitrogen and oxygen atoms in total. The Labute approximate surface area is 169 Å². The smallest absolute Gasteiger partial charge is 0.274 e. The minimum atomic E-state index is -0.353. The fraction of sp³-hybridized carbons (Fsp3) is 0.174. The van der Waals surface area contributed by atoms with Crippen LogP contribution >= 0.6 is 0 Å². The quantitative estimate of drug-likeness (QED) is 0.676. The van der Waals surface area contributed by atoms with E-state index in [0.29, 0.717) is 11.3 Å². The van der Waals surface area contributed by atoms with Crippen LogP contribution in [0.2, 0.25) is 0 Å². The van der Waals surface area contributed by atoms with Crippen molar-refractivity contribution in [2.45, 2.75) is 12.8 Å². The molecular formula is C23H21N5O. The summed E-state index contributed by atoms with van der Waals surface area (Å²) in [5, 5.41) is 15.2. The molecule has 2 aromatic carbocycles. The van der Waals surface area contributed by atoms with E-state index in [1.54, 1.807) is 36.5 Å². The summed E-state index contributed by atoms with van der Waals surface area (Å²) < 4.78 is 0. The van der Waals surface area contributed by atoms with E-state index in [0.717, 1.165) is 24.5 Å². The maximum atomic E-state index is 12.4. The van der Waals surface area contributed by atoms with Gasteiger partial charge in [-0.1, -0.05) is 12.1 Å². The molecule has 2 N–H and O–H groups in total. The van der Waals surface area contributed by atoms with Crippen LogP contribution in [0.3, 0.4) is 0 Å². The number of hydrogen-bond donors (Lipinski definition) is 2. The molecule has 1 aliphatic rings. The molecular weight excluding hydrogens is 362 g/mol. The molecule has 4 rings (SSSR count). The van der Waals surface area contributed by atoms with E-state index in [2.05, 4.69) is 38.7 Å². The van der Waals surface area contributed by atoms with Crippen LogP contribution in [0.5, 0.6) is 0 Å². The van der Waals surface area contributed by atoms with Crippen molar-refractivity contribution in [3.05, 3.63) is 78.1 Å².